The molecule has 0 saturated heterocycles. The number of nitrogens with one attached hydrogen (secondary N) is 4. The average molecular weight is 377 g/mol. The lowest BCUT2D eigenvalue weighted by atomic mass is 10.3. The minimum atomic E-state index is -0.692. The quantitative estimate of drug-likeness (QED) is 0.344. The number of rotatable bonds is 9. The van der Waals surface area contributed by atoms with Gasteiger partial charge >= 0.3 is 0 Å². The number of amides is 3. The molecule has 0 aromatic carbocycles. The first-order valence-electron chi connectivity index (χ1n) is 7.73. The summed E-state index contributed by atoms with van der Waals surface area (Å²) in [7, 11) is 0. The number of ketones is 2. The summed E-state index contributed by atoms with van der Waals surface area (Å²) in [4.78, 5) is 68.6. The van der Waals surface area contributed by atoms with E-state index in [1.54, 1.807) is 0 Å². The van der Waals surface area contributed by atoms with Gasteiger partial charge in [-0.25, -0.2) is 0 Å². The number of Topliss-reactive ketones (excluding diaryl/α,β-unsaturated/α-hetero) is 2. The van der Waals surface area contributed by atoms with Crippen molar-refractivity contribution < 1.29 is 24.0 Å². The fourth-order valence-corrected chi connectivity index (χ4v) is 1.74. The monoisotopic (exact) mass is 377 g/mol. The Bertz CT molecular complexity index is 689. The molecule has 0 aliphatic carbocycles. The highest BCUT2D eigenvalue weighted by Crippen LogP contribution is 2.11. The molecule has 27 heavy (non-hydrogen) atoms. The Morgan fingerprint density at radius 2 is 0.963 bits per heavy atom. The summed E-state index contributed by atoms with van der Waals surface area (Å²) in [5, 5.41) is 14.1. The third-order valence-corrected chi connectivity index (χ3v) is 2.63. The predicted octanol–water partition coefficient (Wildman–Crippen LogP) is 0.0751. The molecule has 0 atom stereocenters. The third kappa shape index (κ3) is 8.90. The van der Waals surface area contributed by atoms with Gasteiger partial charge in [0.25, 0.3) is 0 Å². The van der Waals surface area contributed by atoms with Gasteiger partial charge in [-0.2, -0.15) is 15.0 Å². The van der Waals surface area contributed by atoms with Gasteiger partial charge in [-0.3, -0.25) is 39.9 Å². The van der Waals surface area contributed by atoms with Crippen molar-refractivity contribution in [2.24, 2.45) is 0 Å². The van der Waals surface area contributed by atoms with E-state index in [4.69, 9.17) is 5.41 Å². The largest absolute Gasteiger partial charge is 0.309 e. The molecule has 3 amide bonds. The maximum absolute atomic E-state index is 11.8. The molecule has 0 fully saturated rings. The van der Waals surface area contributed by atoms with Crippen LogP contribution in [0.3, 0.4) is 0 Å². The normalized spacial score (nSPS) is 9.89. The van der Waals surface area contributed by atoms with E-state index in [9.17, 15) is 24.0 Å². The highest BCUT2D eigenvalue weighted by atomic mass is 16.2. The van der Waals surface area contributed by atoms with Crippen LogP contribution in [0.4, 0.5) is 17.8 Å². The summed E-state index contributed by atoms with van der Waals surface area (Å²) in [6, 6.07) is 0. The molecule has 1 rings (SSSR count). The highest BCUT2D eigenvalue weighted by molar-refractivity contribution is 6.05. The van der Waals surface area contributed by atoms with Crippen LogP contribution < -0.4 is 16.0 Å². The molecular formula is C15H19N7O5. The van der Waals surface area contributed by atoms with E-state index < -0.39 is 30.6 Å². The lowest BCUT2D eigenvalue weighted by Gasteiger charge is -2.09. The number of carbonyl (C=O) groups is 5. The van der Waals surface area contributed by atoms with E-state index in [1.165, 1.54) is 20.8 Å². The van der Waals surface area contributed by atoms with Crippen molar-refractivity contribution >= 4 is 52.8 Å². The molecule has 144 valence electrons. The van der Waals surface area contributed by atoms with Crippen LogP contribution in [0.2, 0.25) is 0 Å². The molecule has 0 bridgehead atoms. The second-order valence-corrected chi connectivity index (χ2v) is 5.67. The maximum atomic E-state index is 11.8. The zero-order valence-corrected chi connectivity index (χ0v) is 15.0. The van der Waals surface area contributed by atoms with Crippen molar-refractivity contribution in [2.45, 2.75) is 40.0 Å². The summed E-state index contributed by atoms with van der Waals surface area (Å²) in [5.74, 6) is -3.64. The molecule has 0 unspecified atom stereocenters. The molecule has 0 aliphatic heterocycles. The van der Waals surface area contributed by atoms with Crippen LogP contribution in [0.1, 0.15) is 40.0 Å². The Labute approximate surface area is 154 Å². The Morgan fingerprint density at radius 3 is 1.22 bits per heavy atom. The van der Waals surface area contributed by atoms with Gasteiger partial charge in [-0.15, -0.1) is 0 Å². The molecule has 12 heteroatoms. The SMILES string of the molecule is CC(=N)CC(=O)Nc1nc(NC(=O)CC(C)=O)nc(NC(=O)CC(C)=O)n1. The Kier molecular flexibility index (Phi) is 7.79. The summed E-state index contributed by atoms with van der Waals surface area (Å²) in [6.45, 7) is 3.89. The molecule has 1 heterocycles. The van der Waals surface area contributed by atoms with E-state index in [1.807, 2.05) is 0 Å². The van der Waals surface area contributed by atoms with Crippen LogP contribution in [0.15, 0.2) is 0 Å². The molecule has 1 aromatic rings. The summed E-state index contributed by atoms with van der Waals surface area (Å²) in [5.41, 5.74) is 0.103. The predicted molar refractivity (Wildman–Crippen MR) is 94.3 cm³/mol. The van der Waals surface area contributed by atoms with Gasteiger partial charge in [0.15, 0.2) is 0 Å². The van der Waals surface area contributed by atoms with Crippen LogP contribution in [0.5, 0.6) is 0 Å². The van der Waals surface area contributed by atoms with Crippen LogP contribution >= 0.6 is 0 Å². The van der Waals surface area contributed by atoms with E-state index in [0.29, 0.717) is 0 Å². The second-order valence-electron chi connectivity index (χ2n) is 5.67. The molecule has 4 N–H and O–H groups in total. The van der Waals surface area contributed by atoms with Gasteiger partial charge in [0.05, 0.1) is 19.3 Å². The Hall–Kier alpha value is -3.57. The first-order valence-corrected chi connectivity index (χ1v) is 7.73. The van der Waals surface area contributed by atoms with Crippen molar-refractivity contribution in [3.05, 3.63) is 0 Å². The number of anilines is 3. The molecule has 0 radical (unpaired) electrons. The standard InChI is InChI=1S/C15H19N7O5/c1-7(16)4-10(25)17-13-20-14(18-11(26)5-8(2)23)22-15(21-13)19-12(27)6-9(3)24/h16H,4-6H2,1-3H3,(H3,17,18,19,20,21,22,25,26,27). The molecular weight excluding hydrogens is 358 g/mol. The van der Waals surface area contributed by atoms with E-state index in [-0.39, 0.29) is 41.5 Å². The van der Waals surface area contributed by atoms with Crippen LogP contribution in [-0.2, 0) is 24.0 Å². The third-order valence-electron chi connectivity index (χ3n) is 2.63. The van der Waals surface area contributed by atoms with E-state index in [2.05, 4.69) is 30.9 Å². The van der Waals surface area contributed by atoms with Gasteiger partial charge in [0, 0.05) is 5.71 Å². The lowest BCUT2D eigenvalue weighted by Crippen LogP contribution is -2.22. The Balaban J connectivity index is 3.05. The molecule has 0 aliphatic rings. The number of carbonyl (C=O) groups excluding carboxylic acids is 5. The number of aromatic nitrogens is 3. The fraction of sp³-hybridized carbons (Fsp3) is 0.400. The molecule has 0 spiro atoms. The summed E-state index contributed by atoms with van der Waals surface area (Å²) >= 11 is 0. The molecule has 0 saturated carbocycles. The highest BCUT2D eigenvalue weighted by Gasteiger charge is 2.15. The summed E-state index contributed by atoms with van der Waals surface area (Å²) < 4.78 is 0. The second kappa shape index (κ2) is 9.79. The molecule has 12 nitrogen and oxygen atoms in total. The van der Waals surface area contributed by atoms with E-state index >= 15 is 0 Å². The zero-order valence-electron chi connectivity index (χ0n) is 15.0. The fourth-order valence-electron chi connectivity index (χ4n) is 1.74. The first-order chi connectivity index (χ1) is 12.5. The van der Waals surface area contributed by atoms with Gasteiger partial charge in [0.1, 0.15) is 11.6 Å². The van der Waals surface area contributed by atoms with Crippen molar-refractivity contribution in [3.8, 4) is 0 Å². The maximum Gasteiger partial charge on any atom is 0.236 e. The topological polar surface area (TPSA) is 184 Å². The first kappa shape index (κ1) is 21.5. The lowest BCUT2D eigenvalue weighted by molar-refractivity contribution is -0.125. The van der Waals surface area contributed by atoms with Gasteiger partial charge in [0.2, 0.25) is 35.6 Å². The number of hydrogen-bond donors (Lipinski definition) is 4. The average Bonchev–Trinajstić information content (AvgIpc) is 2.43. The minimum Gasteiger partial charge on any atom is -0.309 e. The minimum absolute atomic E-state index is 0.103. The Morgan fingerprint density at radius 1 is 0.667 bits per heavy atom. The number of nitrogens with zero attached hydrogens (tertiary/aromatic N) is 3. The van der Waals surface area contributed by atoms with Gasteiger partial charge in [-0.05, 0) is 20.8 Å². The van der Waals surface area contributed by atoms with Gasteiger partial charge in [-0.1, -0.05) is 0 Å². The van der Waals surface area contributed by atoms with Crippen LogP contribution in [0.25, 0.3) is 0 Å². The van der Waals surface area contributed by atoms with Crippen molar-refractivity contribution in [1.82, 2.24) is 15.0 Å². The van der Waals surface area contributed by atoms with Crippen molar-refractivity contribution in [1.29, 1.82) is 5.41 Å². The van der Waals surface area contributed by atoms with Gasteiger partial charge < -0.3 is 5.41 Å². The van der Waals surface area contributed by atoms with Crippen LogP contribution in [-0.4, -0.2) is 50.0 Å². The summed E-state index contributed by atoms with van der Waals surface area (Å²) in [6.07, 6.45) is -1.03. The smallest absolute Gasteiger partial charge is 0.236 e. The van der Waals surface area contributed by atoms with Crippen LogP contribution in [0, 0.1) is 5.41 Å². The zero-order chi connectivity index (χ0) is 20.6. The van der Waals surface area contributed by atoms with Crippen molar-refractivity contribution in [2.75, 3.05) is 16.0 Å². The number of hydrogen-bond acceptors (Lipinski definition) is 9. The molecule has 1 aromatic heterocycles. The van der Waals surface area contributed by atoms with E-state index in [0.717, 1.165) is 0 Å². The van der Waals surface area contributed by atoms with Crippen molar-refractivity contribution in [3.63, 3.8) is 0 Å².